The van der Waals surface area contributed by atoms with Crippen molar-refractivity contribution in [3.63, 3.8) is 0 Å². The van der Waals surface area contributed by atoms with E-state index in [-0.39, 0.29) is 30.5 Å². The van der Waals surface area contributed by atoms with Crippen molar-refractivity contribution < 1.29 is 14.3 Å². The van der Waals surface area contributed by atoms with Gasteiger partial charge in [0.2, 0.25) is 5.91 Å². The highest BCUT2D eigenvalue weighted by Crippen LogP contribution is 2.33. The summed E-state index contributed by atoms with van der Waals surface area (Å²) in [5.74, 6) is -0.0482. The standard InChI is InChI=1S/C19H21N3O4/c1-11-8-12(2)21-18(24)14(11)9-20-19(25)17-10-22(13(3)23)15-6-4-5-7-16(15)26-17/h4-8,17H,9-10H2,1-3H3,(H,20,25)(H,21,24). The maximum Gasteiger partial charge on any atom is 0.263 e. The Kier molecular flexibility index (Phi) is 4.79. The number of fused-ring (bicyclic) bond motifs is 1. The molecule has 2 N–H and O–H groups in total. The first-order chi connectivity index (χ1) is 12.4. The third-order valence-electron chi connectivity index (χ3n) is 4.38. The first kappa shape index (κ1) is 17.7. The van der Waals surface area contributed by atoms with Gasteiger partial charge in [-0.1, -0.05) is 12.1 Å². The first-order valence-electron chi connectivity index (χ1n) is 8.37. The van der Waals surface area contributed by atoms with Crippen LogP contribution in [0, 0.1) is 13.8 Å². The number of amides is 2. The summed E-state index contributed by atoms with van der Waals surface area (Å²) in [6.07, 6.45) is -0.835. The second-order valence-electron chi connectivity index (χ2n) is 6.36. The Bertz CT molecular complexity index is 919. The summed E-state index contributed by atoms with van der Waals surface area (Å²) in [6, 6.07) is 8.95. The van der Waals surface area contributed by atoms with Gasteiger partial charge in [-0.2, -0.15) is 0 Å². The van der Waals surface area contributed by atoms with E-state index in [1.54, 1.807) is 25.1 Å². The van der Waals surface area contributed by atoms with E-state index in [4.69, 9.17) is 4.74 Å². The number of anilines is 1. The molecule has 2 amide bonds. The van der Waals surface area contributed by atoms with Gasteiger partial charge in [-0.3, -0.25) is 14.4 Å². The van der Waals surface area contributed by atoms with Gasteiger partial charge in [0, 0.05) is 24.7 Å². The summed E-state index contributed by atoms with van der Waals surface area (Å²) >= 11 is 0. The summed E-state index contributed by atoms with van der Waals surface area (Å²) in [5, 5.41) is 2.74. The molecular formula is C19H21N3O4. The SMILES string of the molecule is CC(=O)N1CC(C(=O)NCc2c(C)cc(C)[nH]c2=O)Oc2ccccc21. The minimum Gasteiger partial charge on any atom is -0.477 e. The number of H-pyrrole nitrogens is 1. The lowest BCUT2D eigenvalue weighted by Gasteiger charge is -2.33. The summed E-state index contributed by atoms with van der Waals surface area (Å²) in [7, 11) is 0. The zero-order valence-electron chi connectivity index (χ0n) is 15.0. The van der Waals surface area contributed by atoms with Crippen molar-refractivity contribution in [3.8, 4) is 5.75 Å². The Morgan fingerprint density at radius 1 is 1.31 bits per heavy atom. The maximum atomic E-state index is 12.6. The molecule has 0 spiro atoms. The first-order valence-corrected chi connectivity index (χ1v) is 8.37. The number of aromatic nitrogens is 1. The molecule has 2 heterocycles. The monoisotopic (exact) mass is 355 g/mol. The lowest BCUT2D eigenvalue weighted by Crippen LogP contribution is -2.50. The maximum absolute atomic E-state index is 12.6. The van der Waals surface area contributed by atoms with Crippen LogP contribution in [0.4, 0.5) is 5.69 Å². The van der Waals surface area contributed by atoms with Gasteiger partial charge in [0.25, 0.3) is 11.5 Å². The molecule has 0 fully saturated rings. The van der Waals surface area contributed by atoms with Crippen molar-refractivity contribution >= 4 is 17.5 Å². The highest BCUT2D eigenvalue weighted by Gasteiger charge is 2.32. The van der Waals surface area contributed by atoms with Crippen molar-refractivity contribution in [2.45, 2.75) is 33.4 Å². The van der Waals surface area contributed by atoms with Gasteiger partial charge < -0.3 is 19.9 Å². The molecule has 0 bridgehead atoms. The fourth-order valence-corrected chi connectivity index (χ4v) is 3.06. The number of rotatable bonds is 3. The van der Waals surface area contributed by atoms with E-state index in [0.29, 0.717) is 17.0 Å². The Morgan fingerprint density at radius 2 is 2.04 bits per heavy atom. The number of para-hydroxylation sites is 2. The largest absolute Gasteiger partial charge is 0.477 e. The lowest BCUT2D eigenvalue weighted by molar-refractivity contribution is -0.128. The van der Waals surface area contributed by atoms with Crippen molar-refractivity contribution in [1.29, 1.82) is 0 Å². The number of hydrogen-bond acceptors (Lipinski definition) is 4. The predicted molar refractivity (Wildman–Crippen MR) is 97.3 cm³/mol. The Hall–Kier alpha value is -3.09. The number of pyridine rings is 1. The molecule has 1 aromatic heterocycles. The minimum atomic E-state index is -0.835. The molecule has 0 aliphatic carbocycles. The van der Waals surface area contributed by atoms with E-state index in [0.717, 1.165) is 11.3 Å². The highest BCUT2D eigenvalue weighted by atomic mass is 16.5. The van der Waals surface area contributed by atoms with E-state index in [1.807, 2.05) is 19.1 Å². The summed E-state index contributed by atoms with van der Waals surface area (Å²) in [5.41, 5.74) is 2.51. The molecule has 7 nitrogen and oxygen atoms in total. The molecule has 1 atom stereocenters. The quantitative estimate of drug-likeness (QED) is 0.871. The van der Waals surface area contributed by atoms with Crippen molar-refractivity contribution in [2.24, 2.45) is 0 Å². The molecule has 1 aromatic carbocycles. The van der Waals surface area contributed by atoms with Gasteiger partial charge in [-0.05, 0) is 37.6 Å². The van der Waals surface area contributed by atoms with Crippen LogP contribution in [-0.2, 0) is 16.1 Å². The van der Waals surface area contributed by atoms with Crippen LogP contribution in [0.2, 0.25) is 0 Å². The van der Waals surface area contributed by atoms with Crippen LogP contribution in [0.5, 0.6) is 5.75 Å². The zero-order chi connectivity index (χ0) is 18.8. The van der Waals surface area contributed by atoms with Crippen molar-refractivity contribution in [2.75, 3.05) is 11.4 Å². The zero-order valence-corrected chi connectivity index (χ0v) is 15.0. The molecule has 1 aliphatic heterocycles. The van der Waals surface area contributed by atoms with Crippen LogP contribution in [0.25, 0.3) is 0 Å². The van der Waals surface area contributed by atoms with Crippen LogP contribution in [0.1, 0.15) is 23.7 Å². The third-order valence-corrected chi connectivity index (χ3v) is 4.38. The molecule has 1 unspecified atom stereocenters. The van der Waals surface area contributed by atoms with E-state index in [1.165, 1.54) is 11.8 Å². The van der Waals surface area contributed by atoms with E-state index in [2.05, 4.69) is 10.3 Å². The second-order valence-corrected chi connectivity index (χ2v) is 6.36. The molecule has 0 saturated carbocycles. The van der Waals surface area contributed by atoms with Crippen LogP contribution >= 0.6 is 0 Å². The molecule has 7 heteroatoms. The second kappa shape index (κ2) is 7.03. The van der Waals surface area contributed by atoms with Crippen LogP contribution in [0.15, 0.2) is 35.1 Å². The molecule has 136 valence electrons. The number of carbonyl (C=O) groups excluding carboxylic acids is 2. The van der Waals surface area contributed by atoms with Gasteiger partial charge in [0.15, 0.2) is 6.10 Å². The topological polar surface area (TPSA) is 91.5 Å². The smallest absolute Gasteiger partial charge is 0.263 e. The number of hydrogen-bond donors (Lipinski definition) is 2. The average molecular weight is 355 g/mol. The predicted octanol–water partition coefficient (Wildman–Crippen LogP) is 1.42. The van der Waals surface area contributed by atoms with Gasteiger partial charge in [-0.25, -0.2) is 0 Å². The molecular weight excluding hydrogens is 334 g/mol. The van der Waals surface area contributed by atoms with Crippen molar-refractivity contribution in [3.05, 3.63) is 57.5 Å². The van der Waals surface area contributed by atoms with E-state index >= 15 is 0 Å². The highest BCUT2D eigenvalue weighted by molar-refractivity contribution is 5.95. The fraction of sp³-hybridized carbons (Fsp3) is 0.316. The molecule has 3 rings (SSSR count). The molecule has 0 saturated heterocycles. The Balaban J connectivity index is 1.75. The molecule has 26 heavy (non-hydrogen) atoms. The van der Waals surface area contributed by atoms with Crippen molar-refractivity contribution in [1.82, 2.24) is 10.3 Å². The van der Waals surface area contributed by atoms with Crippen LogP contribution in [-0.4, -0.2) is 29.4 Å². The van der Waals surface area contributed by atoms with E-state index in [9.17, 15) is 14.4 Å². The van der Waals surface area contributed by atoms with Gasteiger partial charge in [0.1, 0.15) is 5.75 Å². The van der Waals surface area contributed by atoms with Gasteiger partial charge >= 0.3 is 0 Å². The Morgan fingerprint density at radius 3 is 2.73 bits per heavy atom. The molecule has 0 radical (unpaired) electrons. The summed E-state index contributed by atoms with van der Waals surface area (Å²) in [6.45, 7) is 5.31. The third kappa shape index (κ3) is 3.46. The van der Waals surface area contributed by atoms with E-state index < -0.39 is 6.10 Å². The number of aromatic amines is 1. The van der Waals surface area contributed by atoms with Gasteiger partial charge in [0.05, 0.1) is 12.2 Å². The molecule has 1 aliphatic rings. The van der Waals surface area contributed by atoms with Crippen LogP contribution in [0.3, 0.4) is 0 Å². The Labute approximate surface area is 151 Å². The summed E-state index contributed by atoms with van der Waals surface area (Å²) in [4.78, 5) is 40.8. The average Bonchev–Trinajstić information content (AvgIpc) is 2.59. The minimum absolute atomic E-state index is 0.0991. The number of aryl methyl sites for hydroxylation is 2. The fourth-order valence-electron chi connectivity index (χ4n) is 3.06. The van der Waals surface area contributed by atoms with Gasteiger partial charge in [-0.15, -0.1) is 0 Å². The summed E-state index contributed by atoms with van der Waals surface area (Å²) < 4.78 is 5.75. The number of carbonyl (C=O) groups is 2. The molecule has 2 aromatic rings. The number of benzene rings is 1. The number of nitrogens with zero attached hydrogens (tertiary/aromatic N) is 1. The van der Waals surface area contributed by atoms with Crippen LogP contribution < -0.4 is 20.5 Å². The lowest BCUT2D eigenvalue weighted by atomic mass is 10.1. The number of nitrogens with one attached hydrogen (secondary N) is 2. The normalized spacial score (nSPS) is 15.8. The number of ether oxygens (including phenoxy) is 1.